The number of ketones is 1. The Morgan fingerprint density at radius 3 is 2.68 bits per heavy atom. The molecule has 0 bridgehead atoms. The third kappa shape index (κ3) is 3.70. The van der Waals surface area contributed by atoms with Gasteiger partial charge in [-0.15, -0.1) is 0 Å². The Bertz CT molecular complexity index is 1070. The van der Waals surface area contributed by atoms with E-state index in [1.54, 1.807) is 4.57 Å². The van der Waals surface area contributed by atoms with E-state index >= 15 is 0 Å². The third-order valence-electron chi connectivity index (χ3n) is 5.28. The molecular formula is C23H25N3O2. The Labute approximate surface area is 164 Å². The zero-order valence-corrected chi connectivity index (χ0v) is 16.3. The molecule has 1 aromatic heterocycles. The standard InChI is InChI=1S/C23H25N3O2/c1-15(2)11-19(27)12-16-7-9-17(10-8-16)18-13-24-22-20-5-3-4-6-21(20)25-23(28)26(22)14-18/h3-10,15,18,24H,11-14H2,1-2H3. The first kappa shape index (κ1) is 18.4. The Kier molecular flexibility index (Phi) is 4.99. The monoisotopic (exact) mass is 375 g/mol. The molecule has 4 rings (SSSR count). The van der Waals surface area contributed by atoms with Crippen molar-refractivity contribution in [3.8, 4) is 0 Å². The van der Waals surface area contributed by atoms with Crippen LogP contribution in [0.3, 0.4) is 0 Å². The van der Waals surface area contributed by atoms with Crippen molar-refractivity contribution in [2.75, 3.05) is 11.9 Å². The number of hydrogen-bond acceptors (Lipinski definition) is 4. The van der Waals surface area contributed by atoms with Gasteiger partial charge in [-0.2, -0.15) is 4.98 Å². The Morgan fingerprint density at radius 1 is 1.18 bits per heavy atom. The van der Waals surface area contributed by atoms with Gasteiger partial charge in [-0.25, -0.2) is 4.79 Å². The molecule has 3 aromatic rings. The van der Waals surface area contributed by atoms with Crippen molar-refractivity contribution in [3.05, 3.63) is 70.1 Å². The van der Waals surface area contributed by atoms with Crippen LogP contribution >= 0.6 is 0 Å². The topological polar surface area (TPSA) is 64.0 Å². The van der Waals surface area contributed by atoms with E-state index in [4.69, 9.17) is 0 Å². The normalized spacial score (nSPS) is 16.0. The second kappa shape index (κ2) is 7.58. The second-order valence-corrected chi connectivity index (χ2v) is 8.00. The summed E-state index contributed by atoms with van der Waals surface area (Å²) in [5.41, 5.74) is 2.71. The predicted molar refractivity (Wildman–Crippen MR) is 112 cm³/mol. The Balaban J connectivity index is 1.54. The summed E-state index contributed by atoms with van der Waals surface area (Å²) in [6, 6.07) is 15.9. The SMILES string of the molecule is CC(C)CC(=O)Cc1ccc(C2CNc3c4ccccc4nc(=O)n3C2)cc1. The van der Waals surface area contributed by atoms with Gasteiger partial charge in [0, 0.05) is 37.2 Å². The number of hydrogen-bond donors (Lipinski definition) is 1. The van der Waals surface area contributed by atoms with Crippen LogP contribution in [0.5, 0.6) is 0 Å². The molecular weight excluding hydrogens is 350 g/mol. The average Bonchev–Trinajstić information content (AvgIpc) is 2.68. The van der Waals surface area contributed by atoms with Crippen LogP contribution in [0.4, 0.5) is 5.82 Å². The molecule has 28 heavy (non-hydrogen) atoms. The van der Waals surface area contributed by atoms with E-state index in [-0.39, 0.29) is 17.4 Å². The minimum atomic E-state index is -0.221. The highest BCUT2D eigenvalue weighted by molar-refractivity contribution is 5.89. The number of nitrogens with zero attached hydrogens (tertiary/aromatic N) is 2. The molecule has 1 aliphatic heterocycles. The largest absolute Gasteiger partial charge is 0.370 e. The highest BCUT2D eigenvalue weighted by atomic mass is 16.1. The van der Waals surface area contributed by atoms with Gasteiger partial charge < -0.3 is 5.32 Å². The number of carbonyl (C=O) groups excluding carboxylic acids is 1. The molecule has 0 aliphatic carbocycles. The summed E-state index contributed by atoms with van der Waals surface area (Å²) in [6.07, 6.45) is 1.11. The van der Waals surface area contributed by atoms with E-state index in [2.05, 4.69) is 36.3 Å². The fraction of sp³-hybridized carbons (Fsp3) is 0.348. The zero-order chi connectivity index (χ0) is 19.7. The number of rotatable bonds is 5. The van der Waals surface area contributed by atoms with E-state index in [1.165, 1.54) is 5.56 Å². The highest BCUT2D eigenvalue weighted by Gasteiger charge is 2.22. The van der Waals surface area contributed by atoms with E-state index in [1.807, 2.05) is 36.4 Å². The number of carbonyl (C=O) groups is 1. The lowest BCUT2D eigenvalue weighted by Crippen LogP contribution is -2.35. The molecule has 5 nitrogen and oxygen atoms in total. The lowest BCUT2D eigenvalue weighted by molar-refractivity contribution is -0.119. The lowest BCUT2D eigenvalue weighted by Gasteiger charge is -2.28. The van der Waals surface area contributed by atoms with E-state index < -0.39 is 0 Å². The van der Waals surface area contributed by atoms with Crippen molar-refractivity contribution in [1.82, 2.24) is 9.55 Å². The van der Waals surface area contributed by atoms with Crippen LogP contribution in [-0.4, -0.2) is 21.9 Å². The lowest BCUT2D eigenvalue weighted by atomic mass is 9.94. The first-order valence-electron chi connectivity index (χ1n) is 9.85. The van der Waals surface area contributed by atoms with Crippen molar-refractivity contribution in [3.63, 3.8) is 0 Å². The van der Waals surface area contributed by atoms with Gasteiger partial charge in [-0.3, -0.25) is 9.36 Å². The van der Waals surface area contributed by atoms with E-state index in [9.17, 15) is 9.59 Å². The zero-order valence-electron chi connectivity index (χ0n) is 16.3. The van der Waals surface area contributed by atoms with Crippen molar-refractivity contribution in [2.24, 2.45) is 5.92 Å². The summed E-state index contributed by atoms with van der Waals surface area (Å²) in [7, 11) is 0. The van der Waals surface area contributed by atoms with Gasteiger partial charge in [0.15, 0.2) is 0 Å². The molecule has 0 fully saturated rings. The molecule has 1 atom stereocenters. The quantitative estimate of drug-likeness (QED) is 0.737. The van der Waals surface area contributed by atoms with E-state index in [0.717, 1.165) is 28.8 Å². The average molecular weight is 375 g/mol. The highest BCUT2D eigenvalue weighted by Crippen LogP contribution is 2.28. The Hall–Kier alpha value is -2.95. The smallest absolute Gasteiger partial charge is 0.349 e. The van der Waals surface area contributed by atoms with Gasteiger partial charge in [-0.05, 0) is 29.2 Å². The molecule has 0 saturated carbocycles. The predicted octanol–water partition coefficient (Wildman–Crippen LogP) is 3.76. The number of anilines is 1. The van der Waals surface area contributed by atoms with Crippen LogP contribution in [0.25, 0.3) is 10.9 Å². The summed E-state index contributed by atoms with van der Waals surface area (Å²) in [6.45, 7) is 5.49. The molecule has 0 radical (unpaired) electrons. The Morgan fingerprint density at radius 2 is 1.93 bits per heavy atom. The van der Waals surface area contributed by atoms with Gasteiger partial charge in [-0.1, -0.05) is 50.2 Å². The molecule has 5 heteroatoms. The molecule has 2 aromatic carbocycles. The summed E-state index contributed by atoms with van der Waals surface area (Å²) in [5, 5.41) is 4.40. The molecule has 1 unspecified atom stereocenters. The molecule has 0 spiro atoms. The summed E-state index contributed by atoms with van der Waals surface area (Å²) < 4.78 is 1.73. The van der Waals surface area contributed by atoms with Crippen molar-refractivity contribution in [1.29, 1.82) is 0 Å². The summed E-state index contributed by atoms with van der Waals surface area (Å²) >= 11 is 0. The van der Waals surface area contributed by atoms with Crippen molar-refractivity contribution in [2.45, 2.75) is 39.2 Å². The minimum absolute atomic E-state index is 0.188. The van der Waals surface area contributed by atoms with Crippen LogP contribution in [0, 0.1) is 5.92 Å². The van der Waals surface area contributed by atoms with Gasteiger partial charge in [0.05, 0.1) is 5.52 Å². The molecule has 2 heterocycles. The number of fused-ring (bicyclic) bond motifs is 3. The van der Waals surface area contributed by atoms with Crippen LogP contribution in [-0.2, 0) is 17.8 Å². The first-order valence-corrected chi connectivity index (χ1v) is 9.85. The first-order chi connectivity index (χ1) is 13.5. The van der Waals surface area contributed by atoms with Crippen molar-refractivity contribution >= 4 is 22.5 Å². The molecule has 144 valence electrons. The maximum atomic E-state index is 12.5. The van der Waals surface area contributed by atoms with Gasteiger partial charge in [0.1, 0.15) is 11.6 Å². The van der Waals surface area contributed by atoms with Crippen LogP contribution in [0.1, 0.15) is 37.3 Å². The summed E-state index contributed by atoms with van der Waals surface area (Å²) in [5.74, 6) is 1.71. The maximum Gasteiger partial charge on any atom is 0.349 e. The van der Waals surface area contributed by atoms with Crippen LogP contribution in [0.2, 0.25) is 0 Å². The molecule has 0 amide bonds. The van der Waals surface area contributed by atoms with Crippen molar-refractivity contribution < 1.29 is 4.79 Å². The van der Waals surface area contributed by atoms with E-state index in [0.29, 0.717) is 25.3 Å². The number of nitrogens with one attached hydrogen (secondary N) is 1. The fourth-order valence-corrected chi connectivity index (χ4v) is 3.93. The van der Waals surface area contributed by atoms with Gasteiger partial charge in [0.25, 0.3) is 0 Å². The molecule has 1 N–H and O–H groups in total. The van der Waals surface area contributed by atoms with Gasteiger partial charge >= 0.3 is 5.69 Å². The minimum Gasteiger partial charge on any atom is -0.370 e. The summed E-state index contributed by atoms with van der Waals surface area (Å²) in [4.78, 5) is 28.7. The van der Waals surface area contributed by atoms with Crippen LogP contribution < -0.4 is 11.0 Å². The number of benzene rings is 2. The second-order valence-electron chi connectivity index (χ2n) is 8.00. The number of Topliss-reactive ketones (excluding diaryl/α,β-unsaturated/α-hetero) is 1. The third-order valence-corrected chi connectivity index (χ3v) is 5.28. The van der Waals surface area contributed by atoms with Crippen LogP contribution in [0.15, 0.2) is 53.3 Å². The molecule has 1 aliphatic rings. The maximum absolute atomic E-state index is 12.5. The molecule has 0 saturated heterocycles. The van der Waals surface area contributed by atoms with Gasteiger partial charge in [0.2, 0.25) is 0 Å². The number of aromatic nitrogens is 2. The number of para-hydroxylation sites is 1. The fourth-order valence-electron chi connectivity index (χ4n) is 3.93.